The summed E-state index contributed by atoms with van der Waals surface area (Å²) in [5.74, 6) is 1.14. The zero-order chi connectivity index (χ0) is 17.6. The molecule has 5 heteroatoms. The summed E-state index contributed by atoms with van der Waals surface area (Å²) in [6.07, 6.45) is 11.3. The first-order valence-electron chi connectivity index (χ1n) is 9.85. The zero-order valence-corrected chi connectivity index (χ0v) is 15.3. The summed E-state index contributed by atoms with van der Waals surface area (Å²) in [7, 11) is 1.44. The lowest BCUT2D eigenvalue weighted by Gasteiger charge is -2.29. The zero-order valence-electron chi connectivity index (χ0n) is 15.3. The molecule has 1 N–H and O–H groups in total. The van der Waals surface area contributed by atoms with Gasteiger partial charge in [0.2, 0.25) is 0 Å². The van der Waals surface area contributed by atoms with E-state index in [2.05, 4.69) is 10.8 Å². The molecule has 0 radical (unpaired) electrons. The number of hydrogen-bond acceptors (Lipinski definition) is 5. The van der Waals surface area contributed by atoms with Crippen LogP contribution in [0, 0.1) is 17.8 Å². The molecule has 1 heterocycles. The Morgan fingerprint density at radius 3 is 2.96 bits per heavy atom. The van der Waals surface area contributed by atoms with Crippen LogP contribution in [0.15, 0.2) is 11.6 Å². The number of methoxy groups -OCH3 is 1. The van der Waals surface area contributed by atoms with Crippen LogP contribution >= 0.6 is 0 Å². The lowest BCUT2D eigenvalue weighted by Crippen LogP contribution is -2.32. The Kier molecular flexibility index (Phi) is 6.91. The molecule has 3 rings (SSSR count). The Morgan fingerprint density at radius 1 is 1.36 bits per heavy atom. The molecule has 25 heavy (non-hydrogen) atoms. The van der Waals surface area contributed by atoms with Crippen molar-refractivity contribution in [3.05, 3.63) is 11.6 Å². The monoisotopic (exact) mass is 352 g/mol. The van der Waals surface area contributed by atoms with Gasteiger partial charge < -0.3 is 19.3 Å². The minimum atomic E-state index is -0.123. The van der Waals surface area contributed by atoms with Crippen molar-refractivity contribution in [2.45, 2.75) is 70.2 Å². The van der Waals surface area contributed by atoms with Gasteiger partial charge in [-0.15, -0.1) is 0 Å². The van der Waals surface area contributed by atoms with Gasteiger partial charge in [-0.25, -0.2) is 0 Å². The van der Waals surface area contributed by atoms with E-state index in [-0.39, 0.29) is 30.9 Å². The van der Waals surface area contributed by atoms with Crippen LogP contribution in [-0.4, -0.2) is 43.8 Å². The summed E-state index contributed by atoms with van der Waals surface area (Å²) in [6.45, 7) is 0.992. The second-order valence-electron chi connectivity index (χ2n) is 7.69. The van der Waals surface area contributed by atoms with E-state index < -0.39 is 0 Å². The van der Waals surface area contributed by atoms with Crippen molar-refractivity contribution in [3.63, 3.8) is 0 Å². The van der Waals surface area contributed by atoms with Gasteiger partial charge in [-0.3, -0.25) is 4.79 Å². The van der Waals surface area contributed by atoms with Crippen LogP contribution in [0.5, 0.6) is 0 Å². The number of unbranched alkanes of at least 4 members (excludes halogenated alkanes) is 1. The summed E-state index contributed by atoms with van der Waals surface area (Å²) < 4.78 is 16.6. The lowest BCUT2D eigenvalue weighted by molar-refractivity contribution is -0.198. The molecule has 5 nitrogen and oxygen atoms in total. The number of aliphatic hydroxyl groups is 1. The molecule has 1 saturated carbocycles. The van der Waals surface area contributed by atoms with Crippen molar-refractivity contribution in [3.8, 4) is 0 Å². The molecule has 0 bridgehead atoms. The van der Waals surface area contributed by atoms with E-state index in [1.165, 1.54) is 19.1 Å². The smallest absolute Gasteiger partial charge is 0.305 e. The van der Waals surface area contributed by atoms with E-state index in [0.29, 0.717) is 18.3 Å². The number of esters is 1. The normalized spacial score (nSPS) is 34.6. The van der Waals surface area contributed by atoms with Crippen LogP contribution in [0.1, 0.15) is 57.8 Å². The minimum Gasteiger partial charge on any atom is -0.469 e. The quantitative estimate of drug-likeness (QED) is 0.413. The molecular weight excluding hydrogens is 320 g/mol. The van der Waals surface area contributed by atoms with Gasteiger partial charge in [0.1, 0.15) is 0 Å². The standard InChI is InChI=1S/C20H32O5/c1-23-19(22)7-3-2-6-14-10-15-12-18(17(13-21)16(15)11-14)25-20-8-4-5-9-24-20/h10,15-18,20-21H,2-9,11-13H2,1H3. The number of fused-ring (bicyclic) bond motifs is 1. The third-order valence-electron chi connectivity index (χ3n) is 6.06. The molecule has 2 aliphatic carbocycles. The number of carbonyl (C=O) groups excluding carboxylic acids is 1. The van der Waals surface area contributed by atoms with Crippen LogP contribution in [-0.2, 0) is 19.0 Å². The van der Waals surface area contributed by atoms with Gasteiger partial charge in [-0.1, -0.05) is 11.6 Å². The number of hydrogen-bond donors (Lipinski definition) is 1. The Labute approximate surface area is 150 Å². The van der Waals surface area contributed by atoms with Crippen LogP contribution < -0.4 is 0 Å². The maximum Gasteiger partial charge on any atom is 0.305 e. The highest BCUT2D eigenvalue weighted by Gasteiger charge is 2.46. The summed E-state index contributed by atoms with van der Waals surface area (Å²) >= 11 is 0. The minimum absolute atomic E-state index is 0.0756. The molecule has 3 aliphatic rings. The van der Waals surface area contributed by atoms with Gasteiger partial charge in [-0.05, 0) is 63.2 Å². The molecule has 2 fully saturated rings. The van der Waals surface area contributed by atoms with Crippen molar-refractivity contribution in [2.75, 3.05) is 20.3 Å². The van der Waals surface area contributed by atoms with Crippen molar-refractivity contribution in [2.24, 2.45) is 17.8 Å². The predicted octanol–water partition coefficient (Wildman–Crippen LogP) is 3.21. The number of rotatable bonds is 8. The fraction of sp³-hybridized carbons (Fsp3) is 0.850. The van der Waals surface area contributed by atoms with Crippen LogP contribution in [0.4, 0.5) is 0 Å². The second kappa shape index (κ2) is 9.15. The first-order chi connectivity index (χ1) is 12.2. The van der Waals surface area contributed by atoms with Gasteiger partial charge >= 0.3 is 5.97 Å². The Balaban J connectivity index is 1.45. The van der Waals surface area contributed by atoms with Crippen LogP contribution in [0.2, 0.25) is 0 Å². The van der Waals surface area contributed by atoms with E-state index >= 15 is 0 Å². The highest BCUT2D eigenvalue weighted by molar-refractivity contribution is 5.68. The molecule has 5 unspecified atom stereocenters. The van der Waals surface area contributed by atoms with Crippen molar-refractivity contribution in [1.29, 1.82) is 0 Å². The summed E-state index contributed by atoms with van der Waals surface area (Å²) in [5, 5.41) is 9.91. The Morgan fingerprint density at radius 2 is 2.24 bits per heavy atom. The van der Waals surface area contributed by atoms with Crippen molar-refractivity contribution >= 4 is 5.97 Å². The molecule has 5 atom stereocenters. The third-order valence-corrected chi connectivity index (χ3v) is 6.06. The molecule has 142 valence electrons. The first-order valence-corrected chi connectivity index (χ1v) is 9.85. The topological polar surface area (TPSA) is 65.0 Å². The van der Waals surface area contributed by atoms with E-state index in [9.17, 15) is 9.90 Å². The molecule has 0 aromatic rings. The SMILES string of the molecule is COC(=O)CCCCC1=CC2CC(OC3CCCCO3)C(CO)C2C1. The number of carbonyl (C=O) groups is 1. The molecule has 1 saturated heterocycles. The molecule has 0 aromatic carbocycles. The Bertz CT molecular complexity index is 469. The summed E-state index contributed by atoms with van der Waals surface area (Å²) in [4.78, 5) is 11.2. The lowest BCUT2D eigenvalue weighted by atomic mass is 9.89. The maximum atomic E-state index is 11.2. The van der Waals surface area contributed by atoms with Gasteiger partial charge in [0, 0.05) is 25.6 Å². The van der Waals surface area contributed by atoms with E-state index in [0.717, 1.165) is 51.6 Å². The first kappa shape index (κ1) is 18.9. The van der Waals surface area contributed by atoms with Gasteiger partial charge in [0.15, 0.2) is 6.29 Å². The third kappa shape index (κ3) is 4.83. The number of ether oxygens (including phenoxy) is 3. The number of aliphatic hydroxyl groups excluding tert-OH is 1. The fourth-order valence-electron chi connectivity index (χ4n) is 4.71. The van der Waals surface area contributed by atoms with Crippen LogP contribution in [0.25, 0.3) is 0 Å². The van der Waals surface area contributed by atoms with E-state index in [4.69, 9.17) is 9.47 Å². The molecule has 0 amide bonds. The average molecular weight is 352 g/mol. The van der Waals surface area contributed by atoms with Gasteiger partial charge in [0.05, 0.1) is 13.2 Å². The fourth-order valence-corrected chi connectivity index (χ4v) is 4.71. The highest BCUT2D eigenvalue weighted by atomic mass is 16.7. The maximum absolute atomic E-state index is 11.2. The molecule has 1 aliphatic heterocycles. The van der Waals surface area contributed by atoms with Crippen molar-refractivity contribution < 1.29 is 24.1 Å². The largest absolute Gasteiger partial charge is 0.469 e. The number of allylic oxidation sites excluding steroid dienone is 2. The highest BCUT2D eigenvalue weighted by Crippen LogP contribution is 2.49. The van der Waals surface area contributed by atoms with Gasteiger partial charge in [0.25, 0.3) is 0 Å². The van der Waals surface area contributed by atoms with Gasteiger partial charge in [-0.2, -0.15) is 0 Å². The van der Waals surface area contributed by atoms with Crippen molar-refractivity contribution in [1.82, 2.24) is 0 Å². The predicted molar refractivity (Wildman–Crippen MR) is 93.8 cm³/mol. The summed E-state index contributed by atoms with van der Waals surface area (Å²) in [6, 6.07) is 0. The van der Waals surface area contributed by atoms with Crippen LogP contribution in [0.3, 0.4) is 0 Å². The Hall–Kier alpha value is -0.910. The second-order valence-corrected chi connectivity index (χ2v) is 7.69. The summed E-state index contributed by atoms with van der Waals surface area (Å²) in [5.41, 5.74) is 1.49. The average Bonchev–Trinajstić information content (AvgIpc) is 3.16. The molecule has 0 aromatic heterocycles. The van der Waals surface area contributed by atoms with E-state index in [1.54, 1.807) is 0 Å². The van der Waals surface area contributed by atoms with E-state index in [1.807, 2.05) is 0 Å². The molecular formula is C20H32O5. The molecule has 0 spiro atoms.